The number of carbonyl (C=O) groups excluding carboxylic acids is 1. The van der Waals surface area contributed by atoms with Crippen LogP contribution in [0.15, 0.2) is 33.4 Å². The molecule has 0 fully saturated rings. The van der Waals surface area contributed by atoms with Crippen LogP contribution < -0.4 is 0 Å². The third kappa shape index (κ3) is 3.90. The zero-order valence-electron chi connectivity index (χ0n) is 18.7. The normalized spacial score (nSPS) is 16.7. The first-order valence-electron chi connectivity index (χ1n) is 10.7. The van der Waals surface area contributed by atoms with Gasteiger partial charge in [-0.25, -0.2) is 23.7 Å². The second-order valence-electron chi connectivity index (χ2n) is 8.71. The number of aliphatic hydroxyl groups is 1. The van der Waals surface area contributed by atoms with Crippen LogP contribution >= 0.6 is 0 Å². The summed E-state index contributed by atoms with van der Waals surface area (Å²) in [6.07, 6.45) is -6.35. The molecule has 5 rings (SSSR count). The molecule has 2 N–H and O–H groups in total. The van der Waals surface area contributed by atoms with Gasteiger partial charge in [0.25, 0.3) is 12.3 Å². The quantitative estimate of drug-likeness (QED) is 0.387. The molecular formula is C22H18F5N5O4. The fourth-order valence-electron chi connectivity index (χ4n) is 4.08. The number of nitrogens with one attached hydrogen (secondary N) is 1. The molecule has 1 aliphatic rings. The fourth-order valence-corrected chi connectivity index (χ4v) is 4.08. The van der Waals surface area contributed by atoms with Crippen LogP contribution in [0.5, 0.6) is 0 Å². The lowest BCUT2D eigenvalue weighted by Crippen LogP contribution is -2.41. The number of rotatable bonds is 4. The SMILES string of the molecule is CC(C)(O)c1nc(C(F)F)c(C(=O)N2CCc3[nH]cnc3[C@H]2c2nc3c(C(F)(F)F)cccc3o2)o1. The lowest BCUT2D eigenvalue weighted by Gasteiger charge is -2.32. The van der Waals surface area contributed by atoms with E-state index in [2.05, 4.69) is 19.9 Å². The molecule has 0 saturated carbocycles. The Morgan fingerprint density at radius 2 is 1.97 bits per heavy atom. The molecule has 0 spiro atoms. The standard InChI is InChI=1S/C22H18F5N5O4/c1-21(2,34)20-31-14(17(23)24)16(36-20)19(33)32-7-6-10-13(29-8-28-10)15(32)18-30-12-9(22(25,26)27)4-3-5-11(12)35-18/h3-5,8,15,17,34H,6-7H2,1-2H3,(H,28,29)/t15-/m0/s1. The van der Waals surface area contributed by atoms with Crippen molar-refractivity contribution in [3.63, 3.8) is 0 Å². The monoisotopic (exact) mass is 511 g/mol. The van der Waals surface area contributed by atoms with E-state index in [0.717, 1.165) is 17.0 Å². The minimum Gasteiger partial charge on any atom is -0.438 e. The number of amides is 1. The highest BCUT2D eigenvalue weighted by atomic mass is 19.4. The average Bonchev–Trinajstić information content (AvgIpc) is 3.53. The zero-order valence-corrected chi connectivity index (χ0v) is 18.7. The van der Waals surface area contributed by atoms with Gasteiger partial charge in [0.1, 0.15) is 11.1 Å². The van der Waals surface area contributed by atoms with Crippen LogP contribution in [0.4, 0.5) is 22.0 Å². The summed E-state index contributed by atoms with van der Waals surface area (Å²) in [5.41, 5.74) is -3.59. The van der Waals surface area contributed by atoms with Gasteiger partial charge in [-0.05, 0) is 26.0 Å². The molecule has 36 heavy (non-hydrogen) atoms. The third-order valence-corrected chi connectivity index (χ3v) is 5.74. The Labute approximate surface area is 199 Å². The maximum atomic E-state index is 13.7. The molecule has 0 aliphatic carbocycles. The summed E-state index contributed by atoms with van der Waals surface area (Å²) in [5.74, 6) is -2.63. The van der Waals surface area contributed by atoms with Crippen molar-refractivity contribution in [3.8, 4) is 0 Å². The van der Waals surface area contributed by atoms with Crippen LogP contribution in [-0.4, -0.2) is 42.4 Å². The predicted octanol–water partition coefficient (Wildman–Crippen LogP) is 4.51. The van der Waals surface area contributed by atoms with Gasteiger partial charge in [0, 0.05) is 18.7 Å². The molecule has 1 aromatic carbocycles. The maximum Gasteiger partial charge on any atom is 0.418 e. The number of hydrogen-bond donors (Lipinski definition) is 2. The highest BCUT2D eigenvalue weighted by Gasteiger charge is 2.42. The van der Waals surface area contributed by atoms with E-state index in [0.29, 0.717) is 5.69 Å². The molecule has 4 aromatic rings. The van der Waals surface area contributed by atoms with Crippen molar-refractivity contribution in [3.05, 3.63) is 64.7 Å². The first-order valence-corrected chi connectivity index (χ1v) is 10.7. The third-order valence-electron chi connectivity index (χ3n) is 5.74. The van der Waals surface area contributed by atoms with Crippen LogP contribution in [0.1, 0.15) is 71.3 Å². The maximum absolute atomic E-state index is 13.7. The molecule has 1 amide bonds. The number of oxazole rings is 2. The van der Waals surface area contributed by atoms with Gasteiger partial charge in [-0.3, -0.25) is 4.79 Å². The van der Waals surface area contributed by atoms with Crippen LogP contribution in [0.3, 0.4) is 0 Å². The Hall–Kier alpha value is -3.81. The van der Waals surface area contributed by atoms with E-state index in [9.17, 15) is 31.9 Å². The largest absolute Gasteiger partial charge is 0.438 e. The smallest absolute Gasteiger partial charge is 0.418 e. The summed E-state index contributed by atoms with van der Waals surface area (Å²) in [6, 6.07) is 2.05. The van der Waals surface area contributed by atoms with E-state index in [-0.39, 0.29) is 30.1 Å². The van der Waals surface area contributed by atoms with E-state index >= 15 is 0 Å². The van der Waals surface area contributed by atoms with Crippen molar-refractivity contribution in [1.82, 2.24) is 24.8 Å². The van der Waals surface area contributed by atoms with Gasteiger partial charge >= 0.3 is 6.18 Å². The van der Waals surface area contributed by atoms with Crippen molar-refractivity contribution >= 4 is 17.0 Å². The second kappa shape index (κ2) is 8.11. The van der Waals surface area contributed by atoms with Crippen LogP contribution in [0.25, 0.3) is 11.1 Å². The van der Waals surface area contributed by atoms with E-state index < -0.39 is 58.6 Å². The van der Waals surface area contributed by atoms with E-state index in [1.165, 1.54) is 26.2 Å². The number of benzene rings is 1. The predicted molar refractivity (Wildman–Crippen MR) is 111 cm³/mol. The number of halogens is 5. The number of nitrogens with zero attached hydrogens (tertiary/aromatic N) is 4. The Morgan fingerprint density at radius 3 is 2.64 bits per heavy atom. The number of carbonyl (C=O) groups is 1. The van der Waals surface area contributed by atoms with Crippen molar-refractivity contribution in [2.24, 2.45) is 0 Å². The molecule has 190 valence electrons. The van der Waals surface area contributed by atoms with Crippen molar-refractivity contribution in [1.29, 1.82) is 0 Å². The van der Waals surface area contributed by atoms with Gasteiger partial charge in [0.05, 0.1) is 17.6 Å². The Balaban J connectivity index is 1.64. The van der Waals surface area contributed by atoms with Gasteiger partial charge in [-0.15, -0.1) is 0 Å². The zero-order chi connectivity index (χ0) is 26.0. The van der Waals surface area contributed by atoms with Crippen LogP contribution in [-0.2, 0) is 18.2 Å². The Morgan fingerprint density at radius 1 is 1.22 bits per heavy atom. The number of hydrogen-bond acceptors (Lipinski definition) is 7. The molecule has 1 aliphatic heterocycles. The summed E-state index contributed by atoms with van der Waals surface area (Å²) >= 11 is 0. The molecule has 3 aromatic heterocycles. The van der Waals surface area contributed by atoms with Gasteiger partial charge < -0.3 is 23.8 Å². The molecule has 0 radical (unpaired) electrons. The van der Waals surface area contributed by atoms with Crippen molar-refractivity contribution in [2.75, 3.05) is 6.54 Å². The number of para-hydroxylation sites is 1. The minimum absolute atomic E-state index is 0.0508. The number of aromatic amines is 1. The Kier molecular flexibility index (Phi) is 5.39. The van der Waals surface area contributed by atoms with Crippen molar-refractivity contribution < 1.29 is 40.7 Å². The van der Waals surface area contributed by atoms with E-state index in [1.54, 1.807) is 0 Å². The number of H-pyrrole nitrogens is 1. The highest BCUT2D eigenvalue weighted by Crippen LogP contribution is 2.40. The molecule has 0 unspecified atom stereocenters. The highest BCUT2D eigenvalue weighted by molar-refractivity contribution is 5.93. The van der Waals surface area contributed by atoms with E-state index in [1.807, 2.05) is 0 Å². The Bertz CT molecular complexity index is 1450. The summed E-state index contributed by atoms with van der Waals surface area (Å²) in [4.78, 5) is 29.3. The molecule has 0 saturated heterocycles. The molecule has 4 heterocycles. The summed E-state index contributed by atoms with van der Waals surface area (Å²) in [7, 11) is 0. The summed E-state index contributed by atoms with van der Waals surface area (Å²) < 4.78 is 79.0. The van der Waals surface area contributed by atoms with E-state index in [4.69, 9.17) is 8.83 Å². The molecule has 0 bridgehead atoms. The first-order chi connectivity index (χ1) is 16.9. The lowest BCUT2D eigenvalue weighted by molar-refractivity contribution is -0.136. The first kappa shape index (κ1) is 23.9. The molecule has 1 atom stereocenters. The number of aromatic nitrogens is 4. The van der Waals surface area contributed by atoms with Crippen molar-refractivity contribution in [2.45, 2.75) is 44.5 Å². The fraction of sp³-hybridized carbons (Fsp3) is 0.364. The summed E-state index contributed by atoms with van der Waals surface area (Å²) in [5, 5.41) is 10.1. The number of imidazole rings is 1. The number of fused-ring (bicyclic) bond motifs is 2. The average molecular weight is 511 g/mol. The molecular weight excluding hydrogens is 493 g/mol. The molecule has 14 heteroatoms. The van der Waals surface area contributed by atoms with Crippen LogP contribution in [0.2, 0.25) is 0 Å². The minimum atomic E-state index is -4.72. The second-order valence-corrected chi connectivity index (χ2v) is 8.71. The summed E-state index contributed by atoms with van der Waals surface area (Å²) in [6.45, 7) is 2.45. The van der Waals surface area contributed by atoms with Gasteiger partial charge in [-0.1, -0.05) is 6.07 Å². The van der Waals surface area contributed by atoms with Gasteiger partial charge in [0.15, 0.2) is 17.3 Å². The van der Waals surface area contributed by atoms with Gasteiger partial charge in [-0.2, -0.15) is 13.2 Å². The van der Waals surface area contributed by atoms with Crippen LogP contribution in [0, 0.1) is 0 Å². The van der Waals surface area contributed by atoms with Gasteiger partial charge in [0.2, 0.25) is 17.5 Å². The number of alkyl halides is 5. The topological polar surface area (TPSA) is 121 Å². The lowest BCUT2D eigenvalue weighted by atomic mass is 10.0. The molecule has 9 nitrogen and oxygen atoms in total.